The van der Waals surface area contributed by atoms with Gasteiger partial charge in [0.25, 0.3) is 5.56 Å². The maximum Gasteiger partial charge on any atom is 0.267 e. The highest BCUT2D eigenvalue weighted by molar-refractivity contribution is 8.00. The number of nitrogens with one attached hydrogen (secondary N) is 1. The van der Waals surface area contributed by atoms with Gasteiger partial charge in [-0.15, -0.1) is 10.2 Å². The van der Waals surface area contributed by atoms with E-state index in [2.05, 4.69) is 15.5 Å². The van der Waals surface area contributed by atoms with Crippen molar-refractivity contribution in [1.82, 2.24) is 24.5 Å². The molecule has 2 heterocycles. The Labute approximate surface area is 189 Å². The van der Waals surface area contributed by atoms with Crippen LogP contribution < -0.4 is 10.9 Å². The largest absolute Gasteiger partial charge is 0.385 e. The number of hydrogen-bond donors (Lipinski definition) is 1. The van der Waals surface area contributed by atoms with Crippen molar-refractivity contribution in [2.24, 2.45) is 0 Å². The summed E-state index contributed by atoms with van der Waals surface area (Å²) >= 11 is 1.31. The molecule has 9 heteroatoms. The quantitative estimate of drug-likeness (QED) is 0.327. The van der Waals surface area contributed by atoms with Crippen molar-refractivity contribution in [3.8, 4) is 5.69 Å². The minimum Gasteiger partial charge on any atom is -0.385 e. The van der Waals surface area contributed by atoms with Gasteiger partial charge in [0.1, 0.15) is 0 Å². The predicted octanol–water partition coefficient (Wildman–Crippen LogP) is 2.98. The summed E-state index contributed by atoms with van der Waals surface area (Å²) in [5.41, 5.74) is 2.35. The Morgan fingerprint density at radius 3 is 2.66 bits per heavy atom. The molecule has 0 bridgehead atoms. The maximum atomic E-state index is 13.3. The van der Waals surface area contributed by atoms with Gasteiger partial charge in [0.15, 0.2) is 5.16 Å². The van der Waals surface area contributed by atoms with Gasteiger partial charge in [-0.2, -0.15) is 0 Å². The molecule has 32 heavy (non-hydrogen) atoms. The fraction of sp³-hybridized carbons (Fsp3) is 0.304. The minimum atomic E-state index is -0.386. The van der Waals surface area contributed by atoms with Crippen molar-refractivity contribution in [3.63, 3.8) is 0 Å². The molecule has 0 spiro atoms. The third kappa shape index (κ3) is 4.26. The second-order valence-corrected chi connectivity index (χ2v) is 8.82. The number of methoxy groups -OCH3 is 1. The molecular formula is C23H25N5O3S. The number of nitrogens with zero attached hydrogens (tertiary/aromatic N) is 4. The van der Waals surface area contributed by atoms with Crippen LogP contribution in [0.1, 0.15) is 18.9 Å². The summed E-state index contributed by atoms with van der Waals surface area (Å²) in [6.07, 6.45) is 0.751. The Balaban J connectivity index is 1.77. The minimum absolute atomic E-state index is 0.0842. The van der Waals surface area contributed by atoms with Gasteiger partial charge in [0, 0.05) is 20.3 Å². The molecule has 0 aliphatic heterocycles. The van der Waals surface area contributed by atoms with Crippen molar-refractivity contribution >= 4 is 34.3 Å². The van der Waals surface area contributed by atoms with Crippen LogP contribution in [0.5, 0.6) is 0 Å². The fourth-order valence-corrected chi connectivity index (χ4v) is 4.34. The van der Waals surface area contributed by atoms with E-state index in [-0.39, 0.29) is 16.7 Å². The van der Waals surface area contributed by atoms with E-state index >= 15 is 0 Å². The topological polar surface area (TPSA) is 90.5 Å². The molecule has 1 atom stereocenters. The third-order valence-corrected chi connectivity index (χ3v) is 6.21. The zero-order chi connectivity index (χ0) is 22.7. The Morgan fingerprint density at radius 2 is 1.91 bits per heavy atom. The van der Waals surface area contributed by atoms with E-state index in [9.17, 15) is 9.59 Å². The van der Waals surface area contributed by atoms with E-state index in [1.165, 1.54) is 11.8 Å². The molecule has 2 aromatic heterocycles. The molecule has 0 radical (unpaired) electrons. The van der Waals surface area contributed by atoms with E-state index in [0.717, 1.165) is 12.0 Å². The molecule has 2 aromatic carbocycles. The smallest absolute Gasteiger partial charge is 0.267 e. The average molecular weight is 452 g/mol. The second-order valence-electron chi connectivity index (χ2n) is 7.51. The normalized spacial score (nSPS) is 12.3. The highest BCUT2D eigenvalue weighted by Gasteiger charge is 2.22. The molecule has 4 aromatic rings. The number of amides is 1. The lowest BCUT2D eigenvalue weighted by atomic mass is 10.2. The van der Waals surface area contributed by atoms with Crippen molar-refractivity contribution < 1.29 is 9.53 Å². The summed E-state index contributed by atoms with van der Waals surface area (Å²) in [6.45, 7) is 4.97. The molecule has 0 fully saturated rings. The molecule has 1 amide bonds. The van der Waals surface area contributed by atoms with Crippen LogP contribution in [0.4, 0.5) is 0 Å². The van der Waals surface area contributed by atoms with Crippen LogP contribution in [0.15, 0.2) is 58.5 Å². The van der Waals surface area contributed by atoms with Crippen molar-refractivity contribution in [2.45, 2.75) is 30.7 Å². The second kappa shape index (κ2) is 9.54. The SMILES string of the molecule is COCCCNC(=O)C(C)Sc1nnc2n(-c3ccc(C)cc3)c(=O)c3ccccc3n12. The summed E-state index contributed by atoms with van der Waals surface area (Å²) in [6, 6.07) is 15.1. The fourth-order valence-electron chi connectivity index (χ4n) is 3.47. The number of thioether (sulfide) groups is 1. The summed E-state index contributed by atoms with van der Waals surface area (Å²) in [5, 5.41) is 12.3. The Kier molecular flexibility index (Phi) is 6.57. The zero-order valence-corrected chi connectivity index (χ0v) is 19.1. The molecule has 0 saturated heterocycles. The lowest BCUT2D eigenvalue weighted by Gasteiger charge is -2.13. The van der Waals surface area contributed by atoms with Crippen LogP contribution in [0.3, 0.4) is 0 Å². The van der Waals surface area contributed by atoms with Crippen molar-refractivity contribution in [2.75, 3.05) is 20.3 Å². The average Bonchev–Trinajstić information content (AvgIpc) is 3.21. The van der Waals surface area contributed by atoms with E-state index in [1.54, 1.807) is 17.7 Å². The summed E-state index contributed by atoms with van der Waals surface area (Å²) in [5.74, 6) is 0.326. The van der Waals surface area contributed by atoms with Gasteiger partial charge in [-0.05, 0) is 44.5 Å². The van der Waals surface area contributed by atoms with Crippen molar-refractivity contribution in [3.05, 3.63) is 64.4 Å². The molecule has 1 N–H and O–H groups in total. The van der Waals surface area contributed by atoms with Gasteiger partial charge in [0.05, 0.1) is 21.8 Å². The Hall–Kier alpha value is -3.17. The molecular weight excluding hydrogens is 426 g/mol. The third-order valence-electron chi connectivity index (χ3n) is 5.16. The number of aryl methyl sites for hydroxylation is 1. The van der Waals surface area contributed by atoms with E-state index < -0.39 is 0 Å². The number of hydrogen-bond acceptors (Lipinski definition) is 6. The predicted molar refractivity (Wildman–Crippen MR) is 126 cm³/mol. The lowest BCUT2D eigenvalue weighted by Crippen LogP contribution is -2.32. The van der Waals surface area contributed by atoms with Crippen LogP contribution in [0.2, 0.25) is 0 Å². The van der Waals surface area contributed by atoms with E-state index in [0.29, 0.717) is 40.7 Å². The molecule has 0 saturated carbocycles. The Bertz CT molecular complexity index is 1310. The first-order chi connectivity index (χ1) is 15.5. The number of benzene rings is 2. The highest BCUT2D eigenvalue weighted by Crippen LogP contribution is 2.26. The summed E-state index contributed by atoms with van der Waals surface area (Å²) in [7, 11) is 1.64. The molecule has 166 valence electrons. The molecule has 1 unspecified atom stereocenters. The number of carbonyl (C=O) groups is 1. The number of carbonyl (C=O) groups excluding carboxylic acids is 1. The first kappa shape index (κ1) is 22.0. The molecule has 0 aliphatic rings. The number of aromatic nitrogens is 4. The van der Waals surface area contributed by atoms with Crippen LogP contribution in [-0.2, 0) is 9.53 Å². The molecule has 8 nitrogen and oxygen atoms in total. The zero-order valence-electron chi connectivity index (χ0n) is 18.2. The van der Waals surface area contributed by atoms with Gasteiger partial charge in [0.2, 0.25) is 11.7 Å². The van der Waals surface area contributed by atoms with E-state index in [4.69, 9.17) is 4.74 Å². The van der Waals surface area contributed by atoms with Gasteiger partial charge in [-0.25, -0.2) is 4.57 Å². The number of rotatable bonds is 8. The summed E-state index contributed by atoms with van der Waals surface area (Å²) < 4.78 is 8.42. The first-order valence-corrected chi connectivity index (χ1v) is 11.3. The molecule has 0 aliphatic carbocycles. The standard InChI is InChI=1S/C23H25N5O3S/c1-15-9-11-17(12-10-15)27-21(30)18-7-4-5-8-19(18)28-22(27)25-26-23(28)32-16(2)20(29)24-13-6-14-31-3/h4-5,7-12,16H,6,13-14H2,1-3H3,(H,24,29). The molecule has 4 rings (SSSR count). The number of ether oxygens (including phenoxy) is 1. The maximum absolute atomic E-state index is 13.3. The van der Waals surface area contributed by atoms with Crippen LogP contribution in [0.25, 0.3) is 22.4 Å². The van der Waals surface area contributed by atoms with Crippen LogP contribution >= 0.6 is 11.8 Å². The number of fused-ring (bicyclic) bond motifs is 3. The van der Waals surface area contributed by atoms with Gasteiger partial charge >= 0.3 is 0 Å². The summed E-state index contributed by atoms with van der Waals surface area (Å²) in [4.78, 5) is 25.9. The van der Waals surface area contributed by atoms with Crippen LogP contribution in [0, 0.1) is 6.92 Å². The highest BCUT2D eigenvalue weighted by atomic mass is 32.2. The van der Waals surface area contributed by atoms with Crippen LogP contribution in [-0.4, -0.2) is 50.6 Å². The Morgan fingerprint density at radius 1 is 1.16 bits per heavy atom. The van der Waals surface area contributed by atoms with Crippen molar-refractivity contribution in [1.29, 1.82) is 0 Å². The lowest BCUT2D eigenvalue weighted by molar-refractivity contribution is -0.120. The monoisotopic (exact) mass is 451 g/mol. The van der Waals surface area contributed by atoms with Gasteiger partial charge < -0.3 is 10.1 Å². The van der Waals surface area contributed by atoms with Gasteiger partial charge in [-0.3, -0.25) is 14.0 Å². The number of para-hydroxylation sites is 1. The van der Waals surface area contributed by atoms with E-state index in [1.807, 2.05) is 60.7 Å². The first-order valence-electron chi connectivity index (χ1n) is 10.4. The van der Waals surface area contributed by atoms with Gasteiger partial charge in [-0.1, -0.05) is 41.6 Å².